The molecule has 1 heterocycles. The van der Waals surface area contributed by atoms with E-state index < -0.39 is 0 Å². The fraction of sp³-hybridized carbons (Fsp3) is 0.700. The van der Waals surface area contributed by atoms with Gasteiger partial charge in [-0.05, 0) is 19.5 Å². The Balaban J connectivity index is 1.92. The summed E-state index contributed by atoms with van der Waals surface area (Å²) in [5, 5.41) is 0. The number of ether oxygens (including phenoxy) is 5. The molecule has 0 amide bonds. The Bertz CT molecular complexity index is 459. The van der Waals surface area contributed by atoms with Crippen LogP contribution in [0.25, 0.3) is 0 Å². The standard InChI is InChI=1S/C20H33NO5/c1-18-20(19-6-4-3-5-7-19)26-17-16-25-15-14-24-13-12-23-11-10-22-9-8-21(18)2/h3-7,18,20H,8-17H2,1-2H3/t18-,20?/m0/s1. The van der Waals surface area contributed by atoms with E-state index >= 15 is 0 Å². The molecule has 0 aliphatic carbocycles. The first-order valence-electron chi connectivity index (χ1n) is 9.47. The highest BCUT2D eigenvalue weighted by molar-refractivity contribution is 5.19. The van der Waals surface area contributed by atoms with Crippen molar-refractivity contribution < 1.29 is 23.7 Å². The second-order valence-electron chi connectivity index (χ2n) is 6.37. The van der Waals surface area contributed by atoms with E-state index in [0.717, 1.165) is 6.54 Å². The number of nitrogens with zero attached hydrogens (tertiary/aromatic N) is 1. The summed E-state index contributed by atoms with van der Waals surface area (Å²) in [6.45, 7) is 8.31. The predicted molar refractivity (Wildman–Crippen MR) is 101 cm³/mol. The minimum atomic E-state index is -0.0109. The molecule has 2 atom stereocenters. The van der Waals surface area contributed by atoms with Crippen LogP contribution < -0.4 is 0 Å². The van der Waals surface area contributed by atoms with Crippen LogP contribution in [-0.2, 0) is 23.7 Å². The van der Waals surface area contributed by atoms with E-state index in [2.05, 4.69) is 31.0 Å². The van der Waals surface area contributed by atoms with E-state index in [1.807, 2.05) is 18.2 Å². The van der Waals surface area contributed by atoms with Crippen LogP contribution in [0.15, 0.2) is 30.3 Å². The first kappa shape index (κ1) is 21.3. The maximum atomic E-state index is 6.19. The van der Waals surface area contributed by atoms with Gasteiger partial charge in [0.25, 0.3) is 0 Å². The first-order chi connectivity index (χ1) is 12.8. The van der Waals surface area contributed by atoms with Gasteiger partial charge in [-0.3, -0.25) is 4.90 Å². The smallest absolute Gasteiger partial charge is 0.0978 e. The Morgan fingerprint density at radius 2 is 1.23 bits per heavy atom. The molecular weight excluding hydrogens is 334 g/mol. The van der Waals surface area contributed by atoms with E-state index in [1.54, 1.807) is 0 Å². The molecule has 1 aliphatic rings. The van der Waals surface area contributed by atoms with Gasteiger partial charge in [0.15, 0.2) is 0 Å². The lowest BCUT2D eigenvalue weighted by Gasteiger charge is -2.32. The minimum absolute atomic E-state index is 0.0109. The van der Waals surface area contributed by atoms with Crippen molar-refractivity contribution in [2.75, 3.05) is 73.1 Å². The third-order valence-corrected chi connectivity index (χ3v) is 4.49. The second kappa shape index (κ2) is 13.2. The van der Waals surface area contributed by atoms with Crippen LogP contribution in [0.5, 0.6) is 0 Å². The number of hydrogen-bond acceptors (Lipinski definition) is 6. The molecule has 1 aromatic carbocycles. The SMILES string of the molecule is C[C@H]1C(c2ccccc2)OCCOCCOCCOCCOCCN1C. The zero-order chi connectivity index (χ0) is 18.5. The lowest BCUT2D eigenvalue weighted by atomic mass is 10.0. The Kier molecular flexibility index (Phi) is 10.8. The monoisotopic (exact) mass is 367 g/mol. The maximum Gasteiger partial charge on any atom is 0.0978 e. The van der Waals surface area contributed by atoms with Gasteiger partial charge in [0.2, 0.25) is 0 Å². The molecule has 0 N–H and O–H groups in total. The number of rotatable bonds is 1. The van der Waals surface area contributed by atoms with E-state index in [1.165, 1.54) is 5.56 Å². The highest BCUT2D eigenvalue weighted by Crippen LogP contribution is 2.24. The number of likely N-dealkylation sites (N-methyl/N-ethyl adjacent to an activating group) is 1. The van der Waals surface area contributed by atoms with Crippen LogP contribution in [-0.4, -0.2) is 84.0 Å². The van der Waals surface area contributed by atoms with Crippen molar-refractivity contribution in [1.29, 1.82) is 0 Å². The molecule has 0 spiro atoms. The van der Waals surface area contributed by atoms with Gasteiger partial charge in [-0.1, -0.05) is 30.3 Å². The summed E-state index contributed by atoms with van der Waals surface area (Å²) >= 11 is 0. The van der Waals surface area contributed by atoms with Crippen LogP contribution in [0, 0.1) is 0 Å². The molecule has 1 saturated heterocycles. The molecule has 1 aliphatic heterocycles. The molecule has 0 aromatic heterocycles. The lowest BCUT2D eigenvalue weighted by Crippen LogP contribution is -2.38. The van der Waals surface area contributed by atoms with E-state index in [9.17, 15) is 0 Å². The van der Waals surface area contributed by atoms with Crippen molar-refractivity contribution in [3.63, 3.8) is 0 Å². The van der Waals surface area contributed by atoms with Gasteiger partial charge in [-0.15, -0.1) is 0 Å². The highest BCUT2D eigenvalue weighted by Gasteiger charge is 2.23. The van der Waals surface area contributed by atoms with Gasteiger partial charge in [0.05, 0.1) is 65.6 Å². The summed E-state index contributed by atoms with van der Waals surface area (Å²) in [5.74, 6) is 0. The normalized spacial score (nSPS) is 26.7. The third-order valence-electron chi connectivity index (χ3n) is 4.49. The molecule has 0 saturated carbocycles. The summed E-state index contributed by atoms with van der Waals surface area (Å²) in [6, 6.07) is 10.6. The zero-order valence-electron chi connectivity index (χ0n) is 16.1. The first-order valence-corrected chi connectivity index (χ1v) is 9.47. The van der Waals surface area contributed by atoms with Crippen molar-refractivity contribution in [1.82, 2.24) is 4.90 Å². The van der Waals surface area contributed by atoms with E-state index in [4.69, 9.17) is 23.7 Å². The molecule has 1 aromatic rings. The minimum Gasteiger partial charge on any atom is -0.378 e. The van der Waals surface area contributed by atoms with E-state index in [0.29, 0.717) is 59.5 Å². The fourth-order valence-corrected chi connectivity index (χ4v) is 2.80. The predicted octanol–water partition coefficient (Wildman–Crippen LogP) is 2.14. The van der Waals surface area contributed by atoms with E-state index in [-0.39, 0.29) is 12.1 Å². The third kappa shape index (κ3) is 8.12. The topological polar surface area (TPSA) is 49.4 Å². The molecule has 0 radical (unpaired) electrons. The van der Waals surface area contributed by atoms with Gasteiger partial charge >= 0.3 is 0 Å². The molecular formula is C20H33NO5. The van der Waals surface area contributed by atoms with Crippen molar-refractivity contribution in [3.8, 4) is 0 Å². The Morgan fingerprint density at radius 1 is 0.731 bits per heavy atom. The quantitative estimate of drug-likeness (QED) is 0.758. The fourth-order valence-electron chi connectivity index (χ4n) is 2.80. The summed E-state index contributed by atoms with van der Waals surface area (Å²) in [4.78, 5) is 2.27. The molecule has 26 heavy (non-hydrogen) atoms. The molecule has 148 valence electrons. The van der Waals surface area contributed by atoms with Crippen LogP contribution in [0.4, 0.5) is 0 Å². The van der Waals surface area contributed by atoms with Gasteiger partial charge in [-0.25, -0.2) is 0 Å². The average molecular weight is 367 g/mol. The summed E-state index contributed by atoms with van der Waals surface area (Å²) < 4.78 is 28.4. The highest BCUT2D eigenvalue weighted by atomic mass is 16.6. The van der Waals surface area contributed by atoms with Crippen molar-refractivity contribution in [3.05, 3.63) is 35.9 Å². The van der Waals surface area contributed by atoms with Crippen LogP contribution in [0.3, 0.4) is 0 Å². The Morgan fingerprint density at radius 3 is 1.81 bits per heavy atom. The largest absolute Gasteiger partial charge is 0.378 e. The van der Waals surface area contributed by atoms with Gasteiger partial charge in [-0.2, -0.15) is 0 Å². The molecule has 1 fully saturated rings. The Labute approximate surface area is 157 Å². The molecule has 1 unspecified atom stereocenters. The van der Waals surface area contributed by atoms with Gasteiger partial charge < -0.3 is 23.7 Å². The lowest BCUT2D eigenvalue weighted by molar-refractivity contribution is -0.0500. The molecule has 2 rings (SSSR count). The van der Waals surface area contributed by atoms with Crippen LogP contribution in [0.2, 0.25) is 0 Å². The van der Waals surface area contributed by atoms with Crippen molar-refractivity contribution >= 4 is 0 Å². The van der Waals surface area contributed by atoms with Crippen molar-refractivity contribution in [2.24, 2.45) is 0 Å². The van der Waals surface area contributed by atoms with Crippen LogP contribution >= 0.6 is 0 Å². The maximum absolute atomic E-state index is 6.19. The summed E-state index contributed by atoms with van der Waals surface area (Å²) in [6.07, 6.45) is -0.0109. The van der Waals surface area contributed by atoms with Gasteiger partial charge in [0, 0.05) is 12.6 Å². The Hall–Kier alpha value is -1.02. The molecule has 0 bridgehead atoms. The summed E-state index contributed by atoms with van der Waals surface area (Å²) in [7, 11) is 2.11. The second-order valence-corrected chi connectivity index (χ2v) is 6.37. The summed E-state index contributed by atoms with van der Waals surface area (Å²) in [5.41, 5.74) is 1.18. The number of hydrogen-bond donors (Lipinski definition) is 0. The zero-order valence-corrected chi connectivity index (χ0v) is 16.1. The average Bonchev–Trinajstić information content (AvgIpc) is 2.67. The molecule has 6 heteroatoms. The van der Waals surface area contributed by atoms with Crippen LogP contribution in [0.1, 0.15) is 18.6 Å². The van der Waals surface area contributed by atoms with Gasteiger partial charge in [0.1, 0.15) is 0 Å². The number of benzene rings is 1. The molecule has 6 nitrogen and oxygen atoms in total. The van der Waals surface area contributed by atoms with Crippen molar-refractivity contribution in [2.45, 2.75) is 19.1 Å².